The molecule has 4 aromatic carbocycles. The van der Waals surface area contributed by atoms with Gasteiger partial charge in [0, 0.05) is 5.39 Å². The standard InChI is InChI=1S/C30H28O4S2/c1-29(2,21-14-6-4-7-15-21)33-26(31)23-18-10-12-20-13-11-19-24(25(20)23)27(32)34-30(3,28(35)36)22-16-8-5-9-17-22/h4-19,28,35-36H,1-3H3. The summed E-state index contributed by atoms with van der Waals surface area (Å²) < 4.78 is 11.4. The monoisotopic (exact) mass is 516 g/mol. The molecule has 0 aromatic heterocycles. The summed E-state index contributed by atoms with van der Waals surface area (Å²) in [6.07, 6.45) is 0. The van der Waals surface area contributed by atoms with Gasteiger partial charge in [0.05, 0.1) is 15.7 Å². The van der Waals surface area contributed by atoms with Crippen LogP contribution in [0.4, 0.5) is 0 Å². The summed E-state index contributed by atoms with van der Waals surface area (Å²) >= 11 is 9.00. The highest BCUT2D eigenvalue weighted by Gasteiger charge is 2.37. The predicted molar refractivity (Wildman–Crippen MR) is 150 cm³/mol. The maximum Gasteiger partial charge on any atom is 0.339 e. The van der Waals surface area contributed by atoms with E-state index in [2.05, 4.69) is 25.3 Å². The normalized spacial score (nSPS) is 13.3. The molecule has 1 atom stereocenters. The number of ether oxygens (including phenoxy) is 2. The summed E-state index contributed by atoms with van der Waals surface area (Å²) in [6.45, 7) is 5.45. The van der Waals surface area contributed by atoms with Crippen LogP contribution in [-0.2, 0) is 20.7 Å². The number of benzene rings is 4. The van der Waals surface area contributed by atoms with Crippen molar-refractivity contribution < 1.29 is 19.1 Å². The number of hydrogen-bond donors (Lipinski definition) is 2. The van der Waals surface area contributed by atoms with Crippen molar-refractivity contribution in [1.82, 2.24) is 0 Å². The van der Waals surface area contributed by atoms with Crippen LogP contribution in [0.2, 0.25) is 0 Å². The lowest BCUT2D eigenvalue weighted by Gasteiger charge is -2.33. The molecule has 0 bridgehead atoms. The Hall–Kier alpha value is -3.22. The third-order valence-corrected chi connectivity index (χ3v) is 7.29. The van der Waals surface area contributed by atoms with Gasteiger partial charge in [0.2, 0.25) is 0 Å². The van der Waals surface area contributed by atoms with Crippen LogP contribution in [0.25, 0.3) is 10.8 Å². The van der Waals surface area contributed by atoms with E-state index in [4.69, 9.17) is 9.47 Å². The maximum absolute atomic E-state index is 13.6. The summed E-state index contributed by atoms with van der Waals surface area (Å²) in [5, 5.41) is 1.20. The fraction of sp³-hybridized carbons (Fsp3) is 0.200. The predicted octanol–water partition coefficient (Wildman–Crippen LogP) is 7.19. The van der Waals surface area contributed by atoms with Gasteiger partial charge in [-0.25, -0.2) is 9.59 Å². The van der Waals surface area contributed by atoms with Gasteiger partial charge in [-0.05, 0) is 49.4 Å². The zero-order chi connectivity index (χ0) is 25.9. The van der Waals surface area contributed by atoms with Crippen molar-refractivity contribution in [3.05, 3.63) is 119 Å². The molecule has 0 spiro atoms. The van der Waals surface area contributed by atoms with E-state index >= 15 is 0 Å². The lowest BCUT2D eigenvalue weighted by Crippen LogP contribution is -2.35. The summed E-state index contributed by atoms with van der Waals surface area (Å²) in [7, 11) is 0. The number of thiol groups is 2. The molecule has 1 unspecified atom stereocenters. The topological polar surface area (TPSA) is 52.6 Å². The van der Waals surface area contributed by atoms with Crippen LogP contribution in [0.15, 0.2) is 97.1 Å². The molecule has 0 saturated carbocycles. The highest BCUT2D eigenvalue weighted by Crippen LogP contribution is 2.36. The Morgan fingerprint density at radius 3 is 1.61 bits per heavy atom. The molecule has 0 aliphatic rings. The Kier molecular flexibility index (Phi) is 7.48. The average molecular weight is 517 g/mol. The quantitative estimate of drug-likeness (QED) is 0.155. The van der Waals surface area contributed by atoms with Crippen LogP contribution < -0.4 is 0 Å². The number of esters is 2. The van der Waals surface area contributed by atoms with Crippen molar-refractivity contribution in [1.29, 1.82) is 0 Å². The number of carbonyl (C=O) groups excluding carboxylic acids is 2. The fourth-order valence-electron chi connectivity index (χ4n) is 4.14. The molecule has 0 fully saturated rings. The van der Waals surface area contributed by atoms with Gasteiger partial charge in [0.15, 0.2) is 5.60 Å². The number of fused-ring (bicyclic) bond motifs is 1. The van der Waals surface area contributed by atoms with E-state index in [-0.39, 0.29) is 5.56 Å². The largest absolute Gasteiger partial charge is 0.451 e. The molecular weight excluding hydrogens is 488 g/mol. The van der Waals surface area contributed by atoms with Crippen LogP contribution in [0, 0.1) is 0 Å². The summed E-state index contributed by atoms with van der Waals surface area (Å²) in [4.78, 5) is 27.0. The Morgan fingerprint density at radius 2 is 1.11 bits per heavy atom. The van der Waals surface area contributed by atoms with Gasteiger partial charge < -0.3 is 9.47 Å². The molecular formula is C30H28O4S2. The highest BCUT2D eigenvalue weighted by atomic mass is 32.2. The molecule has 184 valence electrons. The van der Waals surface area contributed by atoms with E-state index in [1.165, 1.54) is 0 Å². The number of rotatable bonds is 7. The van der Waals surface area contributed by atoms with Crippen molar-refractivity contribution in [2.45, 2.75) is 36.6 Å². The highest BCUT2D eigenvalue weighted by molar-refractivity contribution is 7.99. The zero-order valence-electron chi connectivity index (χ0n) is 20.3. The van der Waals surface area contributed by atoms with Crippen LogP contribution in [0.5, 0.6) is 0 Å². The number of hydrogen-bond acceptors (Lipinski definition) is 6. The Labute approximate surface area is 222 Å². The molecule has 36 heavy (non-hydrogen) atoms. The lowest BCUT2D eigenvalue weighted by molar-refractivity contribution is -0.00382. The Bertz CT molecular complexity index is 1380. The molecule has 0 aliphatic carbocycles. The minimum atomic E-state index is -1.11. The first-order valence-corrected chi connectivity index (χ1v) is 12.6. The van der Waals surface area contributed by atoms with Crippen LogP contribution >= 0.6 is 25.3 Å². The average Bonchev–Trinajstić information content (AvgIpc) is 2.88. The molecule has 0 heterocycles. The fourth-order valence-corrected chi connectivity index (χ4v) is 4.55. The zero-order valence-corrected chi connectivity index (χ0v) is 22.1. The third kappa shape index (κ3) is 5.15. The molecule has 0 saturated heterocycles. The van der Waals surface area contributed by atoms with E-state index in [9.17, 15) is 9.59 Å². The van der Waals surface area contributed by atoms with Crippen molar-refractivity contribution in [2.24, 2.45) is 0 Å². The van der Waals surface area contributed by atoms with Crippen molar-refractivity contribution >= 4 is 48.0 Å². The molecule has 0 amide bonds. The Morgan fingerprint density at radius 1 is 0.639 bits per heavy atom. The Balaban J connectivity index is 1.73. The lowest BCUT2D eigenvalue weighted by atomic mass is 9.95. The summed E-state index contributed by atoms with van der Waals surface area (Å²) in [5.41, 5.74) is 0.203. The van der Waals surface area contributed by atoms with Crippen molar-refractivity contribution in [3.63, 3.8) is 0 Å². The maximum atomic E-state index is 13.6. The van der Waals surface area contributed by atoms with Crippen molar-refractivity contribution in [2.75, 3.05) is 0 Å². The van der Waals surface area contributed by atoms with Crippen LogP contribution in [0.1, 0.15) is 52.6 Å². The SMILES string of the molecule is CC(C)(OC(=O)c1cccc2cccc(C(=O)OC(C)(c3ccccc3)C(S)S)c12)c1ccccc1. The molecule has 0 N–H and O–H groups in total. The summed E-state index contributed by atoms with van der Waals surface area (Å²) in [6, 6.07) is 29.4. The first-order valence-electron chi connectivity index (χ1n) is 11.6. The third-order valence-electron chi connectivity index (χ3n) is 6.31. The van der Waals surface area contributed by atoms with Gasteiger partial charge in [-0.2, -0.15) is 25.3 Å². The van der Waals surface area contributed by atoms with E-state index in [1.54, 1.807) is 31.2 Å². The van der Waals surface area contributed by atoms with E-state index in [0.29, 0.717) is 10.9 Å². The van der Waals surface area contributed by atoms with E-state index in [1.807, 2.05) is 86.6 Å². The first-order chi connectivity index (χ1) is 17.1. The summed E-state index contributed by atoms with van der Waals surface area (Å²) in [5.74, 6) is -1.11. The van der Waals surface area contributed by atoms with E-state index in [0.717, 1.165) is 16.5 Å². The minimum absolute atomic E-state index is 0.266. The van der Waals surface area contributed by atoms with Crippen molar-refractivity contribution in [3.8, 4) is 0 Å². The molecule has 0 aliphatic heterocycles. The second kappa shape index (κ2) is 10.4. The van der Waals surface area contributed by atoms with Crippen LogP contribution in [-0.4, -0.2) is 16.5 Å². The molecule has 4 nitrogen and oxygen atoms in total. The van der Waals surface area contributed by atoms with Gasteiger partial charge in [0.25, 0.3) is 0 Å². The smallest absolute Gasteiger partial charge is 0.339 e. The first kappa shape index (κ1) is 25.9. The molecule has 4 rings (SSSR count). The van der Waals surface area contributed by atoms with Gasteiger partial charge in [0.1, 0.15) is 5.60 Å². The minimum Gasteiger partial charge on any atom is -0.451 e. The van der Waals surface area contributed by atoms with Gasteiger partial charge in [-0.15, -0.1) is 0 Å². The van der Waals surface area contributed by atoms with Gasteiger partial charge in [-0.1, -0.05) is 84.9 Å². The second-order valence-corrected chi connectivity index (χ2v) is 10.7. The van der Waals surface area contributed by atoms with Crippen LogP contribution in [0.3, 0.4) is 0 Å². The van der Waals surface area contributed by atoms with E-state index < -0.39 is 27.7 Å². The van der Waals surface area contributed by atoms with Gasteiger partial charge >= 0.3 is 11.9 Å². The molecule has 0 radical (unpaired) electrons. The molecule has 6 heteroatoms. The van der Waals surface area contributed by atoms with Gasteiger partial charge in [-0.3, -0.25) is 0 Å². The molecule has 4 aromatic rings. The second-order valence-electron chi connectivity index (χ2n) is 9.21. The number of carbonyl (C=O) groups is 2.